The molecule has 0 bridgehead atoms. The lowest BCUT2D eigenvalue weighted by Gasteiger charge is -2.52. The van der Waals surface area contributed by atoms with Crippen LogP contribution in [0.5, 0.6) is 0 Å². The first kappa shape index (κ1) is 27.1. The summed E-state index contributed by atoms with van der Waals surface area (Å²) in [5.41, 5.74) is 2.04. The first-order valence-electron chi connectivity index (χ1n) is 12.8. The van der Waals surface area contributed by atoms with Gasteiger partial charge in [0.25, 0.3) is 5.91 Å². The normalized spacial score (nSPS) is 24.1. The summed E-state index contributed by atoms with van der Waals surface area (Å²) in [4.78, 5) is 57.7. The topological polar surface area (TPSA) is 174 Å². The SMILES string of the molecule is CCNC(=O)NC1(C2CNCCC2(C)C(=O)O)N=CC=CN1c1cc(NC(=O)c2ncccn2)c2scnc2c1. The van der Waals surface area contributed by atoms with Crippen molar-refractivity contribution in [1.29, 1.82) is 0 Å². The number of anilines is 2. The van der Waals surface area contributed by atoms with Gasteiger partial charge in [-0.1, -0.05) is 0 Å². The third-order valence-electron chi connectivity index (χ3n) is 7.22. The van der Waals surface area contributed by atoms with Crippen LogP contribution in [0.1, 0.15) is 30.9 Å². The number of aliphatic carboxylic acids is 1. The van der Waals surface area contributed by atoms with Gasteiger partial charge in [0.15, 0.2) is 0 Å². The number of carboxylic acid groups (broad SMARTS) is 1. The van der Waals surface area contributed by atoms with Crippen LogP contribution < -0.4 is 26.2 Å². The van der Waals surface area contributed by atoms with Crippen molar-refractivity contribution in [3.05, 3.63) is 54.2 Å². The molecule has 0 saturated carbocycles. The second-order valence-electron chi connectivity index (χ2n) is 9.65. The molecule has 1 fully saturated rings. The molecule has 2 aliphatic rings. The quantitative estimate of drug-likeness (QED) is 0.289. The molecule has 4 heterocycles. The van der Waals surface area contributed by atoms with Crippen LogP contribution in [-0.2, 0) is 4.79 Å². The maximum absolute atomic E-state index is 13.1. The summed E-state index contributed by atoms with van der Waals surface area (Å²) in [6.45, 7) is 4.63. The Morgan fingerprint density at radius 2 is 2.02 bits per heavy atom. The Hall–Kier alpha value is -4.43. The molecule has 0 aliphatic carbocycles. The van der Waals surface area contributed by atoms with Crippen molar-refractivity contribution in [1.82, 2.24) is 30.9 Å². The number of carbonyl (C=O) groups excluding carboxylic acids is 2. The summed E-state index contributed by atoms with van der Waals surface area (Å²) < 4.78 is 0.731. The van der Waals surface area contributed by atoms with Gasteiger partial charge in [-0.05, 0) is 51.1 Å². The van der Waals surface area contributed by atoms with Gasteiger partial charge in [-0.25, -0.2) is 24.7 Å². The number of piperidine rings is 1. The van der Waals surface area contributed by atoms with Crippen LogP contribution in [0.2, 0.25) is 0 Å². The van der Waals surface area contributed by atoms with Crippen LogP contribution in [0.4, 0.5) is 16.2 Å². The van der Waals surface area contributed by atoms with E-state index in [2.05, 4.69) is 36.2 Å². The number of fused-ring (bicyclic) bond motifs is 1. The maximum Gasteiger partial charge on any atom is 0.318 e. The van der Waals surface area contributed by atoms with Gasteiger partial charge in [-0.2, -0.15) is 0 Å². The first-order chi connectivity index (χ1) is 19.3. The molecular formula is C26H29N9O4S. The number of hydrogen-bond donors (Lipinski definition) is 5. The molecule has 2 aromatic heterocycles. The van der Waals surface area contributed by atoms with E-state index in [1.54, 1.807) is 54.9 Å². The summed E-state index contributed by atoms with van der Waals surface area (Å²) in [5, 5.41) is 22.3. The zero-order valence-electron chi connectivity index (χ0n) is 21.9. The summed E-state index contributed by atoms with van der Waals surface area (Å²) in [7, 11) is 0. The maximum atomic E-state index is 13.1. The van der Waals surface area contributed by atoms with Crippen molar-refractivity contribution >= 4 is 57.1 Å². The molecule has 3 aromatic rings. The fourth-order valence-electron chi connectivity index (χ4n) is 5.17. The fourth-order valence-corrected chi connectivity index (χ4v) is 5.91. The Labute approximate surface area is 233 Å². The van der Waals surface area contributed by atoms with Gasteiger partial charge >= 0.3 is 12.0 Å². The van der Waals surface area contributed by atoms with Crippen molar-refractivity contribution in [3.63, 3.8) is 0 Å². The monoisotopic (exact) mass is 563 g/mol. The van der Waals surface area contributed by atoms with Gasteiger partial charge < -0.3 is 26.0 Å². The molecule has 13 nitrogen and oxygen atoms in total. The zero-order valence-corrected chi connectivity index (χ0v) is 22.7. The Balaban J connectivity index is 1.64. The standard InChI is InChI=1S/C26H29N9O4S/c1-3-28-24(39)34-26(19-14-27-10-6-25(19,2)23(37)38)32-9-5-11-35(26)16-12-17-20(40-15-31-17)18(13-16)33-22(36)21-29-7-4-8-30-21/h4-5,7-9,11-13,15,19,27H,3,6,10,14H2,1-2H3,(H,33,36)(H,37,38)(H2,28,34,39). The Bertz CT molecular complexity index is 1490. The number of amides is 3. The molecule has 0 radical (unpaired) electrons. The molecule has 0 spiro atoms. The number of rotatable bonds is 7. The Morgan fingerprint density at radius 3 is 2.77 bits per heavy atom. The van der Waals surface area contributed by atoms with Gasteiger partial charge in [0.1, 0.15) is 0 Å². The van der Waals surface area contributed by atoms with E-state index < -0.39 is 35.0 Å². The van der Waals surface area contributed by atoms with E-state index in [0.717, 1.165) is 4.70 Å². The van der Waals surface area contributed by atoms with E-state index in [1.807, 2.05) is 6.07 Å². The van der Waals surface area contributed by atoms with E-state index in [4.69, 9.17) is 4.99 Å². The van der Waals surface area contributed by atoms with E-state index in [0.29, 0.717) is 36.4 Å². The minimum Gasteiger partial charge on any atom is -0.481 e. The van der Waals surface area contributed by atoms with Gasteiger partial charge in [0, 0.05) is 43.6 Å². The van der Waals surface area contributed by atoms with Crippen molar-refractivity contribution in [2.75, 3.05) is 29.9 Å². The summed E-state index contributed by atoms with van der Waals surface area (Å²) in [5.74, 6) is -3.70. The molecule has 1 aromatic carbocycles. The van der Waals surface area contributed by atoms with Gasteiger partial charge in [0.05, 0.1) is 32.7 Å². The van der Waals surface area contributed by atoms with E-state index in [-0.39, 0.29) is 12.4 Å². The van der Waals surface area contributed by atoms with Crippen LogP contribution in [-0.4, -0.2) is 69.6 Å². The molecule has 3 atom stereocenters. The average Bonchev–Trinajstić information content (AvgIpc) is 3.43. The molecule has 1 saturated heterocycles. The third-order valence-corrected chi connectivity index (χ3v) is 8.10. The Morgan fingerprint density at radius 1 is 1.23 bits per heavy atom. The lowest BCUT2D eigenvalue weighted by atomic mass is 9.68. The molecule has 5 rings (SSSR count). The molecule has 3 unspecified atom stereocenters. The number of urea groups is 1. The number of hydrogen-bond acceptors (Lipinski definition) is 10. The van der Waals surface area contributed by atoms with Gasteiger partial charge in [-0.3, -0.25) is 14.9 Å². The van der Waals surface area contributed by atoms with Crippen LogP contribution >= 0.6 is 11.3 Å². The number of benzene rings is 1. The molecule has 208 valence electrons. The second kappa shape index (κ2) is 11.0. The smallest absolute Gasteiger partial charge is 0.318 e. The number of allylic oxidation sites excluding steroid dienone is 1. The first-order valence-corrected chi connectivity index (χ1v) is 13.6. The highest BCUT2D eigenvalue weighted by Crippen LogP contribution is 2.46. The number of nitrogens with one attached hydrogen (secondary N) is 4. The fraction of sp³-hybridized carbons (Fsp3) is 0.346. The van der Waals surface area contributed by atoms with E-state index in [9.17, 15) is 19.5 Å². The molecule has 40 heavy (non-hydrogen) atoms. The lowest BCUT2D eigenvalue weighted by molar-refractivity contribution is -0.155. The number of aromatic nitrogens is 3. The van der Waals surface area contributed by atoms with Gasteiger partial charge in [0.2, 0.25) is 11.6 Å². The number of thiazole rings is 1. The molecule has 14 heteroatoms. The van der Waals surface area contributed by atoms with Crippen molar-refractivity contribution in [3.8, 4) is 0 Å². The summed E-state index contributed by atoms with van der Waals surface area (Å²) in [6.07, 6.45) is 8.29. The predicted molar refractivity (Wildman–Crippen MR) is 151 cm³/mol. The van der Waals surface area contributed by atoms with Crippen molar-refractivity contribution in [2.24, 2.45) is 16.3 Å². The van der Waals surface area contributed by atoms with Crippen molar-refractivity contribution in [2.45, 2.75) is 26.1 Å². The van der Waals surface area contributed by atoms with Crippen LogP contribution in [0, 0.1) is 11.3 Å². The molecule has 5 N–H and O–H groups in total. The second-order valence-corrected chi connectivity index (χ2v) is 10.5. The summed E-state index contributed by atoms with van der Waals surface area (Å²) in [6, 6.07) is 4.68. The minimum atomic E-state index is -1.53. The van der Waals surface area contributed by atoms with Gasteiger partial charge in [-0.15, -0.1) is 11.3 Å². The molecule has 3 amide bonds. The molecular weight excluding hydrogens is 534 g/mol. The number of aliphatic imine (C=N–C) groups is 1. The average molecular weight is 564 g/mol. The largest absolute Gasteiger partial charge is 0.481 e. The predicted octanol–water partition coefficient (Wildman–Crippen LogP) is 2.42. The number of carboxylic acids is 1. The highest BCUT2D eigenvalue weighted by Gasteiger charge is 2.57. The summed E-state index contributed by atoms with van der Waals surface area (Å²) >= 11 is 1.36. The van der Waals surface area contributed by atoms with Crippen LogP contribution in [0.3, 0.4) is 0 Å². The third kappa shape index (κ3) is 4.86. The number of nitrogens with zero attached hydrogens (tertiary/aromatic N) is 5. The van der Waals surface area contributed by atoms with E-state index in [1.165, 1.54) is 23.7 Å². The zero-order chi connectivity index (χ0) is 28.3. The van der Waals surface area contributed by atoms with E-state index >= 15 is 0 Å². The molecule has 2 aliphatic heterocycles. The van der Waals surface area contributed by atoms with Crippen LogP contribution in [0.15, 0.2) is 53.4 Å². The Kier molecular flexibility index (Phi) is 7.45. The minimum absolute atomic E-state index is 0.00536. The number of carbonyl (C=O) groups is 3. The lowest BCUT2D eigenvalue weighted by Crippen LogP contribution is -2.71. The van der Waals surface area contributed by atoms with Crippen LogP contribution in [0.25, 0.3) is 10.2 Å². The van der Waals surface area contributed by atoms with Crippen molar-refractivity contribution < 1.29 is 19.5 Å². The highest BCUT2D eigenvalue weighted by molar-refractivity contribution is 7.17. The highest BCUT2D eigenvalue weighted by atomic mass is 32.1.